The highest BCUT2D eigenvalue weighted by atomic mass is 16.2. The summed E-state index contributed by atoms with van der Waals surface area (Å²) in [4.78, 5) is 30.9. The van der Waals surface area contributed by atoms with Crippen LogP contribution in [0.2, 0.25) is 0 Å². The van der Waals surface area contributed by atoms with E-state index in [9.17, 15) is 9.59 Å². The summed E-state index contributed by atoms with van der Waals surface area (Å²) in [5.41, 5.74) is 1.11. The normalized spacial score (nSPS) is 19.3. The second-order valence-corrected chi connectivity index (χ2v) is 7.26. The second-order valence-electron chi connectivity index (χ2n) is 7.26. The Morgan fingerprint density at radius 2 is 1.42 bits per heavy atom. The van der Waals surface area contributed by atoms with E-state index in [1.807, 2.05) is 35.2 Å². The molecule has 1 aromatic rings. The number of amides is 2. The van der Waals surface area contributed by atoms with Crippen molar-refractivity contribution in [1.29, 1.82) is 0 Å². The summed E-state index contributed by atoms with van der Waals surface area (Å²) >= 11 is 0. The Balaban J connectivity index is 1.33. The zero-order chi connectivity index (χ0) is 18.2. The van der Waals surface area contributed by atoms with Crippen LogP contribution in [0.25, 0.3) is 0 Å². The third-order valence-electron chi connectivity index (χ3n) is 5.23. The number of nitrogens with one attached hydrogen (secondary N) is 1. The third kappa shape index (κ3) is 5.81. The molecule has 0 atom stereocenters. The lowest BCUT2D eigenvalue weighted by Gasteiger charge is -2.35. The standard InChI is InChI=1S/C20H30N4O2/c25-19(21-15-18-7-3-1-4-8-18)16-22-11-13-23(14-12-22)17-20(26)24-9-5-2-6-10-24/h1,3-4,7-8H,2,5-6,9-17H2,(H,21,25). The average Bonchev–Trinajstić information content (AvgIpc) is 2.69. The van der Waals surface area contributed by atoms with Crippen LogP contribution in [0.5, 0.6) is 0 Å². The number of likely N-dealkylation sites (tertiary alicyclic amines) is 1. The van der Waals surface area contributed by atoms with Gasteiger partial charge >= 0.3 is 0 Å². The van der Waals surface area contributed by atoms with Crippen molar-refractivity contribution in [2.24, 2.45) is 0 Å². The average molecular weight is 358 g/mol. The molecule has 2 fully saturated rings. The van der Waals surface area contributed by atoms with Crippen LogP contribution in [-0.4, -0.2) is 78.9 Å². The van der Waals surface area contributed by atoms with Crippen LogP contribution in [0.3, 0.4) is 0 Å². The van der Waals surface area contributed by atoms with Crippen LogP contribution in [0.1, 0.15) is 24.8 Å². The molecule has 2 heterocycles. The molecule has 1 N–H and O–H groups in total. The lowest BCUT2D eigenvalue weighted by atomic mass is 10.1. The Morgan fingerprint density at radius 1 is 0.808 bits per heavy atom. The minimum Gasteiger partial charge on any atom is -0.351 e. The Kier molecular flexibility index (Phi) is 7.03. The molecule has 0 aliphatic carbocycles. The van der Waals surface area contributed by atoms with Crippen LogP contribution in [0, 0.1) is 0 Å². The Morgan fingerprint density at radius 3 is 2.08 bits per heavy atom. The van der Waals surface area contributed by atoms with Crippen molar-refractivity contribution < 1.29 is 9.59 Å². The monoisotopic (exact) mass is 358 g/mol. The molecule has 2 amide bonds. The minimum absolute atomic E-state index is 0.0618. The zero-order valence-electron chi connectivity index (χ0n) is 15.5. The molecule has 6 heteroatoms. The predicted molar refractivity (Wildman–Crippen MR) is 102 cm³/mol. The van der Waals surface area contributed by atoms with E-state index >= 15 is 0 Å². The molecule has 0 aromatic heterocycles. The first-order valence-electron chi connectivity index (χ1n) is 9.74. The van der Waals surface area contributed by atoms with Gasteiger partial charge in [0.05, 0.1) is 13.1 Å². The topological polar surface area (TPSA) is 55.9 Å². The smallest absolute Gasteiger partial charge is 0.236 e. The minimum atomic E-state index is 0.0618. The maximum atomic E-state index is 12.4. The van der Waals surface area contributed by atoms with Gasteiger partial charge in [0.15, 0.2) is 0 Å². The largest absolute Gasteiger partial charge is 0.351 e. The van der Waals surface area contributed by atoms with Gasteiger partial charge in [-0.05, 0) is 24.8 Å². The molecule has 6 nitrogen and oxygen atoms in total. The van der Waals surface area contributed by atoms with Crippen molar-refractivity contribution >= 4 is 11.8 Å². The molecule has 1 aromatic carbocycles. The Labute approximate surface area is 156 Å². The van der Waals surface area contributed by atoms with Crippen LogP contribution < -0.4 is 5.32 Å². The molecule has 0 bridgehead atoms. The van der Waals surface area contributed by atoms with Gasteiger partial charge in [0, 0.05) is 45.8 Å². The van der Waals surface area contributed by atoms with Crippen LogP contribution in [0.4, 0.5) is 0 Å². The predicted octanol–water partition coefficient (Wildman–Crippen LogP) is 0.933. The van der Waals surface area contributed by atoms with E-state index in [0.29, 0.717) is 19.6 Å². The van der Waals surface area contributed by atoms with Crippen molar-refractivity contribution in [3.05, 3.63) is 35.9 Å². The summed E-state index contributed by atoms with van der Waals surface area (Å²) in [6.07, 6.45) is 3.52. The van der Waals surface area contributed by atoms with E-state index in [0.717, 1.165) is 57.7 Å². The van der Waals surface area contributed by atoms with Gasteiger partial charge in [0.1, 0.15) is 0 Å². The quantitative estimate of drug-likeness (QED) is 0.822. The molecule has 0 saturated carbocycles. The summed E-state index contributed by atoms with van der Waals surface area (Å²) < 4.78 is 0. The Bertz CT molecular complexity index is 579. The number of carbonyl (C=O) groups excluding carboxylic acids is 2. The highest BCUT2D eigenvalue weighted by Gasteiger charge is 2.23. The van der Waals surface area contributed by atoms with E-state index in [-0.39, 0.29) is 11.8 Å². The number of benzene rings is 1. The number of nitrogens with zero attached hydrogens (tertiary/aromatic N) is 3. The van der Waals surface area contributed by atoms with Gasteiger partial charge in [-0.15, -0.1) is 0 Å². The van der Waals surface area contributed by atoms with Crippen LogP contribution in [0.15, 0.2) is 30.3 Å². The number of hydrogen-bond donors (Lipinski definition) is 1. The van der Waals surface area contributed by atoms with Gasteiger partial charge in [-0.2, -0.15) is 0 Å². The molecule has 0 unspecified atom stereocenters. The van der Waals surface area contributed by atoms with Gasteiger partial charge in [0.2, 0.25) is 11.8 Å². The molecule has 2 aliphatic rings. The van der Waals surface area contributed by atoms with Crippen molar-refractivity contribution in [2.45, 2.75) is 25.8 Å². The zero-order valence-corrected chi connectivity index (χ0v) is 15.5. The van der Waals surface area contributed by atoms with Crippen molar-refractivity contribution in [2.75, 3.05) is 52.4 Å². The number of piperazine rings is 1. The number of piperidine rings is 1. The summed E-state index contributed by atoms with van der Waals surface area (Å²) in [6.45, 7) is 6.74. The van der Waals surface area contributed by atoms with Gasteiger partial charge in [-0.25, -0.2) is 0 Å². The second kappa shape index (κ2) is 9.69. The van der Waals surface area contributed by atoms with Crippen LogP contribution in [-0.2, 0) is 16.1 Å². The summed E-state index contributed by atoms with van der Waals surface area (Å²) in [6, 6.07) is 9.95. The first kappa shape index (κ1) is 18.9. The molecule has 0 radical (unpaired) electrons. The molecule has 2 aliphatic heterocycles. The van der Waals surface area contributed by atoms with E-state index in [4.69, 9.17) is 0 Å². The first-order valence-corrected chi connectivity index (χ1v) is 9.74. The SMILES string of the molecule is O=C(CN1CCN(CC(=O)N2CCCCC2)CC1)NCc1ccccc1. The van der Waals surface area contributed by atoms with Crippen molar-refractivity contribution in [3.8, 4) is 0 Å². The van der Waals surface area contributed by atoms with Gasteiger partial charge in [0.25, 0.3) is 0 Å². The maximum absolute atomic E-state index is 12.4. The molecule has 0 spiro atoms. The molecule has 3 rings (SSSR count). The highest BCUT2D eigenvalue weighted by molar-refractivity contribution is 5.78. The van der Waals surface area contributed by atoms with Gasteiger partial charge in [-0.1, -0.05) is 30.3 Å². The molecule has 142 valence electrons. The molecular weight excluding hydrogens is 328 g/mol. The number of rotatable bonds is 6. The lowest BCUT2D eigenvalue weighted by molar-refractivity contribution is -0.134. The number of carbonyl (C=O) groups is 2. The summed E-state index contributed by atoms with van der Waals surface area (Å²) in [5, 5.41) is 2.98. The number of hydrogen-bond acceptors (Lipinski definition) is 4. The lowest BCUT2D eigenvalue weighted by Crippen LogP contribution is -2.52. The highest BCUT2D eigenvalue weighted by Crippen LogP contribution is 2.10. The fourth-order valence-electron chi connectivity index (χ4n) is 3.60. The molecule has 26 heavy (non-hydrogen) atoms. The van der Waals surface area contributed by atoms with E-state index in [2.05, 4.69) is 15.1 Å². The van der Waals surface area contributed by atoms with Gasteiger partial charge < -0.3 is 10.2 Å². The fraction of sp³-hybridized carbons (Fsp3) is 0.600. The third-order valence-corrected chi connectivity index (χ3v) is 5.23. The van der Waals surface area contributed by atoms with Crippen molar-refractivity contribution in [3.63, 3.8) is 0 Å². The maximum Gasteiger partial charge on any atom is 0.236 e. The summed E-state index contributed by atoms with van der Waals surface area (Å²) in [5.74, 6) is 0.324. The summed E-state index contributed by atoms with van der Waals surface area (Å²) in [7, 11) is 0. The van der Waals surface area contributed by atoms with Crippen LogP contribution >= 0.6 is 0 Å². The van der Waals surface area contributed by atoms with Gasteiger partial charge in [-0.3, -0.25) is 19.4 Å². The van der Waals surface area contributed by atoms with E-state index in [1.165, 1.54) is 6.42 Å². The van der Waals surface area contributed by atoms with E-state index in [1.54, 1.807) is 0 Å². The fourth-order valence-corrected chi connectivity index (χ4v) is 3.60. The van der Waals surface area contributed by atoms with Crippen molar-refractivity contribution in [1.82, 2.24) is 20.0 Å². The molecular formula is C20H30N4O2. The first-order chi connectivity index (χ1) is 12.7. The van der Waals surface area contributed by atoms with E-state index < -0.39 is 0 Å². The molecule has 2 saturated heterocycles. The Hall–Kier alpha value is -1.92.